The van der Waals surface area contributed by atoms with Crippen LogP contribution in [0.1, 0.15) is 37.6 Å². The number of ether oxygens (including phenoxy) is 2. The number of carbonyl (C=O) groups is 2. The van der Waals surface area contributed by atoms with E-state index in [1.54, 1.807) is 12.0 Å². The number of rotatable bonds is 4. The van der Waals surface area contributed by atoms with Crippen molar-refractivity contribution in [3.63, 3.8) is 0 Å². The van der Waals surface area contributed by atoms with Gasteiger partial charge in [0, 0.05) is 12.1 Å². The van der Waals surface area contributed by atoms with Crippen LogP contribution in [-0.4, -0.2) is 46.4 Å². The van der Waals surface area contributed by atoms with Gasteiger partial charge in [0.2, 0.25) is 5.91 Å². The summed E-state index contributed by atoms with van der Waals surface area (Å²) in [6, 6.07) is 7.39. The maximum atomic E-state index is 12.4. The molecule has 8 nitrogen and oxygen atoms in total. The van der Waals surface area contributed by atoms with Crippen LogP contribution in [0.3, 0.4) is 0 Å². The lowest BCUT2D eigenvalue weighted by molar-refractivity contribution is -0.115. The molecule has 2 aromatic rings. The number of anilines is 1. The van der Waals surface area contributed by atoms with Crippen LogP contribution in [0.15, 0.2) is 24.3 Å². The molecule has 1 aliphatic heterocycles. The van der Waals surface area contributed by atoms with E-state index in [2.05, 4.69) is 15.5 Å². The largest absolute Gasteiger partial charge is 0.497 e. The summed E-state index contributed by atoms with van der Waals surface area (Å²) in [5.41, 5.74) is 2.06. The second kappa shape index (κ2) is 7.92. The quantitative estimate of drug-likeness (QED) is 0.842. The molecule has 3 rings (SSSR count). The van der Waals surface area contributed by atoms with Crippen molar-refractivity contribution < 1.29 is 19.1 Å². The Labute approximate surface area is 164 Å². The predicted octanol–water partition coefficient (Wildman–Crippen LogP) is 2.89. The van der Waals surface area contributed by atoms with Gasteiger partial charge in [-0.2, -0.15) is 5.10 Å². The molecule has 150 valence electrons. The summed E-state index contributed by atoms with van der Waals surface area (Å²) in [4.78, 5) is 26.3. The number of aromatic amines is 1. The number of hydrogen-bond acceptors (Lipinski definition) is 5. The molecule has 0 bridgehead atoms. The Morgan fingerprint density at radius 3 is 2.82 bits per heavy atom. The fourth-order valence-corrected chi connectivity index (χ4v) is 3.05. The molecule has 0 aliphatic carbocycles. The molecule has 28 heavy (non-hydrogen) atoms. The van der Waals surface area contributed by atoms with Crippen LogP contribution in [0.2, 0.25) is 0 Å². The van der Waals surface area contributed by atoms with Crippen molar-refractivity contribution in [2.24, 2.45) is 0 Å². The van der Waals surface area contributed by atoms with Crippen molar-refractivity contribution in [1.29, 1.82) is 0 Å². The number of fused-ring (bicyclic) bond motifs is 1. The SMILES string of the molecule is COc1cccc(CC(=O)Nc2n[nH]c3c2CCN(C(=O)OC(C)(C)C)C3)c1. The van der Waals surface area contributed by atoms with Gasteiger partial charge in [-0.05, 0) is 44.9 Å². The fraction of sp³-hybridized carbons (Fsp3) is 0.450. The molecule has 0 radical (unpaired) electrons. The van der Waals surface area contributed by atoms with Crippen LogP contribution in [0.4, 0.5) is 10.6 Å². The highest BCUT2D eigenvalue weighted by atomic mass is 16.6. The normalized spacial score (nSPS) is 13.6. The minimum atomic E-state index is -0.537. The van der Waals surface area contributed by atoms with Gasteiger partial charge in [0.25, 0.3) is 0 Å². The molecule has 1 aliphatic rings. The summed E-state index contributed by atoms with van der Waals surface area (Å²) in [6.45, 7) is 6.41. The Balaban J connectivity index is 1.62. The summed E-state index contributed by atoms with van der Waals surface area (Å²) in [6.07, 6.45) is 0.472. The summed E-state index contributed by atoms with van der Waals surface area (Å²) < 4.78 is 10.6. The van der Waals surface area contributed by atoms with Gasteiger partial charge in [-0.3, -0.25) is 9.89 Å². The zero-order chi connectivity index (χ0) is 20.3. The Bertz CT molecular complexity index is 869. The molecular weight excluding hydrogens is 360 g/mol. The van der Waals surface area contributed by atoms with E-state index in [0.29, 0.717) is 31.1 Å². The molecule has 1 aromatic heterocycles. The van der Waals surface area contributed by atoms with E-state index >= 15 is 0 Å². The summed E-state index contributed by atoms with van der Waals surface area (Å²) in [5, 5.41) is 10.0. The minimum Gasteiger partial charge on any atom is -0.497 e. The maximum absolute atomic E-state index is 12.4. The first kappa shape index (κ1) is 19.7. The van der Waals surface area contributed by atoms with E-state index in [4.69, 9.17) is 9.47 Å². The molecule has 0 unspecified atom stereocenters. The van der Waals surface area contributed by atoms with Gasteiger partial charge in [0.15, 0.2) is 5.82 Å². The molecule has 0 fully saturated rings. The first-order valence-corrected chi connectivity index (χ1v) is 9.22. The van der Waals surface area contributed by atoms with Gasteiger partial charge >= 0.3 is 6.09 Å². The van der Waals surface area contributed by atoms with E-state index in [-0.39, 0.29) is 18.4 Å². The summed E-state index contributed by atoms with van der Waals surface area (Å²) in [7, 11) is 1.59. The van der Waals surface area contributed by atoms with Gasteiger partial charge in [-0.1, -0.05) is 12.1 Å². The number of hydrogen-bond donors (Lipinski definition) is 2. The average molecular weight is 386 g/mol. The van der Waals surface area contributed by atoms with E-state index in [9.17, 15) is 9.59 Å². The topological polar surface area (TPSA) is 96.5 Å². The van der Waals surface area contributed by atoms with Gasteiger partial charge < -0.3 is 19.7 Å². The van der Waals surface area contributed by atoms with Crippen LogP contribution in [0.5, 0.6) is 5.75 Å². The highest BCUT2D eigenvalue weighted by Crippen LogP contribution is 2.25. The van der Waals surface area contributed by atoms with Crippen molar-refractivity contribution in [1.82, 2.24) is 15.1 Å². The molecule has 8 heteroatoms. The van der Waals surface area contributed by atoms with Crippen molar-refractivity contribution in [2.75, 3.05) is 19.0 Å². The first-order valence-electron chi connectivity index (χ1n) is 9.22. The van der Waals surface area contributed by atoms with Crippen molar-refractivity contribution in [2.45, 2.75) is 45.8 Å². The van der Waals surface area contributed by atoms with E-state index in [0.717, 1.165) is 16.8 Å². The lowest BCUT2D eigenvalue weighted by Crippen LogP contribution is -2.40. The van der Waals surface area contributed by atoms with Crippen LogP contribution < -0.4 is 10.1 Å². The van der Waals surface area contributed by atoms with Gasteiger partial charge in [0.05, 0.1) is 25.8 Å². The number of amides is 2. The molecule has 2 heterocycles. The average Bonchev–Trinajstić information content (AvgIpc) is 3.02. The summed E-state index contributed by atoms with van der Waals surface area (Å²) in [5.74, 6) is 1.08. The number of nitrogens with one attached hydrogen (secondary N) is 2. The number of aromatic nitrogens is 2. The predicted molar refractivity (Wildman–Crippen MR) is 104 cm³/mol. The Morgan fingerprint density at radius 2 is 2.11 bits per heavy atom. The van der Waals surface area contributed by atoms with E-state index in [1.807, 2.05) is 45.0 Å². The van der Waals surface area contributed by atoms with E-state index < -0.39 is 5.60 Å². The lowest BCUT2D eigenvalue weighted by Gasteiger charge is -2.29. The molecule has 1 aromatic carbocycles. The number of benzene rings is 1. The van der Waals surface area contributed by atoms with E-state index in [1.165, 1.54) is 0 Å². The second-order valence-corrected chi connectivity index (χ2v) is 7.76. The van der Waals surface area contributed by atoms with Gasteiger partial charge in [0.1, 0.15) is 11.4 Å². The number of nitrogens with zero attached hydrogens (tertiary/aromatic N) is 2. The zero-order valence-electron chi connectivity index (χ0n) is 16.7. The third-order valence-electron chi connectivity index (χ3n) is 4.34. The van der Waals surface area contributed by atoms with Crippen LogP contribution >= 0.6 is 0 Å². The number of carbonyl (C=O) groups excluding carboxylic acids is 2. The highest BCUT2D eigenvalue weighted by Gasteiger charge is 2.28. The second-order valence-electron chi connectivity index (χ2n) is 7.76. The number of methoxy groups -OCH3 is 1. The Hall–Kier alpha value is -3.03. The fourth-order valence-electron chi connectivity index (χ4n) is 3.05. The summed E-state index contributed by atoms with van der Waals surface area (Å²) >= 11 is 0. The molecule has 0 spiro atoms. The standard InChI is InChI=1S/C20H26N4O4/c1-20(2,3)28-19(26)24-9-8-15-16(12-24)22-23-18(15)21-17(25)11-13-6-5-7-14(10-13)27-4/h5-7,10H,8-9,11-12H2,1-4H3,(H2,21,22,23,25). The minimum absolute atomic E-state index is 0.155. The van der Waals surface area contributed by atoms with Crippen molar-refractivity contribution in [3.05, 3.63) is 41.1 Å². The first-order chi connectivity index (χ1) is 13.2. The van der Waals surface area contributed by atoms with Crippen LogP contribution in [-0.2, 0) is 28.9 Å². The third-order valence-corrected chi connectivity index (χ3v) is 4.34. The smallest absolute Gasteiger partial charge is 0.410 e. The highest BCUT2D eigenvalue weighted by molar-refractivity contribution is 5.92. The Kier molecular flexibility index (Phi) is 5.58. The molecule has 0 atom stereocenters. The van der Waals surface area contributed by atoms with Crippen LogP contribution in [0.25, 0.3) is 0 Å². The number of H-pyrrole nitrogens is 1. The van der Waals surface area contributed by atoms with Gasteiger partial charge in [-0.25, -0.2) is 4.79 Å². The van der Waals surface area contributed by atoms with Crippen LogP contribution in [0, 0.1) is 0 Å². The lowest BCUT2D eigenvalue weighted by atomic mass is 10.1. The maximum Gasteiger partial charge on any atom is 0.410 e. The van der Waals surface area contributed by atoms with Crippen molar-refractivity contribution in [3.8, 4) is 5.75 Å². The molecule has 2 amide bonds. The van der Waals surface area contributed by atoms with Crippen molar-refractivity contribution >= 4 is 17.8 Å². The Morgan fingerprint density at radius 1 is 1.32 bits per heavy atom. The third kappa shape index (κ3) is 4.82. The molecule has 0 saturated carbocycles. The molecule has 2 N–H and O–H groups in total. The monoisotopic (exact) mass is 386 g/mol. The molecular formula is C20H26N4O4. The zero-order valence-corrected chi connectivity index (χ0v) is 16.7. The van der Waals surface area contributed by atoms with Gasteiger partial charge in [-0.15, -0.1) is 0 Å². The molecule has 0 saturated heterocycles.